The highest BCUT2D eigenvalue weighted by Gasteiger charge is 2.35. The van der Waals surface area contributed by atoms with Crippen LogP contribution in [0, 0.1) is 0 Å². The zero-order valence-electron chi connectivity index (χ0n) is 14.9. The largest absolute Gasteiger partial charge is 0.394 e. The van der Waals surface area contributed by atoms with E-state index in [1.54, 1.807) is 0 Å². The summed E-state index contributed by atoms with van der Waals surface area (Å²) in [5.41, 5.74) is 0.926. The summed E-state index contributed by atoms with van der Waals surface area (Å²) in [6.45, 7) is 3.12. The predicted octanol–water partition coefficient (Wildman–Crippen LogP) is 1.69. The predicted molar refractivity (Wildman–Crippen MR) is 97.4 cm³/mol. The number of likely N-dealkylation sites (tertiary alicyclic amines) is 1. The van der Waals surface area contributed by atoms with Crippen LogP contribution in [0.1, 0.15) is 44.1 Å². The first-order chi connectivity index (χ1) is 12.2. The van der Waals surface area contributed by atoms with Crippen molar-refractivity contribution in [2.45, 2.75) is 56.5 Å². The van der Waals surface area contributed by atoms with Crippen LogP contribution in [0.2, 0.25) is 0 Å². The number of aliphatic hydroxyl groups excluding tert-OH is 1. The second kappa shape index (κ2) is 8.63. The molecule has 1 aliphatic heterocycles. The molecular weight excluding hydrogens is 316 g/mol. The van der Waals surface area contributed by atoms with Gasteiger partial charge in [0.05, 0.1) is 12.1 Å². The van der Waals surface area contributed by atoms with Gasteiger partial charge in [0.1, 0.15) is 0 Å². The van der Waals surface area contributed by atoms with Gasteiger partial charge in [-0.05, 0) is 49.8 Å². The number of pyridine rings is 1. The average molecular weight is 346 g/mol. The zero-order valence-corrected chi connectivity index (χ0v) is 14.9. The summed E-state index contributed by atoms with van der Waals surface area (Å²) in [5.74, 6) is 0. The van der Waals surface area contributed by atoms with Crippen LogP contribution in [0.4, 0.5) is 4.79 Å². The van der Waals surface area contributed by atoms with Crippen molar-refractivity contribution in [3.8, 4) is 0 Å². The van der Waals surface area contributed by atoms with Crippen molar-refractivity contribution >= 4 is 6.03 Å². The maximum absolute atomic E-state index is 12.3. The molecular formula is C19H30N4O2. The summed E-state index contributed by atoms with van der Waals surface area (Å²) >= 11 is 0. The summed E-state index contributed by atoms with van der Waals surface area (Å²) in [5, 5.41) is 15.7. The minimum atomic E-state index is -0.394. The van der Waals surface area contributed by atoms with Gasteiger partial charge in [0.15, 0.2) is 0 Å². The molecule has 2 fully saturated rings. The molecule has 0 unspecified atom stereocenters. The van der Waals surface area contributed by atoms with E-state index in [0.29, 0.717) is 0 Å². The van der Waals surface area contributed by atoms with Crippen molar-refractivity contribution in [1.82, 2.24) is 20.5 Å². The number of hydrogen-bond donors (Lipinski definition) is 3. The molecule has 25 heavy (non-hydrogen) atoms. The number of carbonyl (C=O) groups is 1. The zero-order chi connectivity index (χ0) is 17.5. The second-order valence-electron chi connectivity index (χ2n) is 7.47. The minimum Gasteiger partial charge on any atom is -0.394 e. The van der Waals surface area contributed by atoms with Crippen molar-refractivity contribution in [1.29, 1.82) is 0 Å². The standard InChI is InChI=1S/C19H30N4O2/c24-15-19(8-1-2-9-19)22-18(25)21-17-6-13-23(14-7-17)12-5-16-3-10-20-11-4-16/h3-4,10-11,17,24H,1-2,5-9,12-15H2,(H2,21,22,25). The third kappa shape index (κ3) is 5.16. The Kier molecular flexibility index (Phi) is 6.26. The summed E-state index contributed by atoms with van der Waals surface area (Å²) in [4.78, 5) is 18.8. The topological polar surface area (TPSA) is 77.5 Å². The maximum atomic E-state index is 12.3. The van der Waals surface area contributed by atoms with Crippen LogP contribution in [0.15, 0.2) is 24.5 Å². The van der Waals surface area contributed by atoms with Gasteiger partial charge in [-0.1, -0.05) is 12.8 Å². The van der Waals surface area contributed by atoms with Crippen LogP contribution in [-0.2, 0) is 6.42 Å². The Bertz CT molecular complexity index is 538. The Labute approximate surface area is 150 Å². The number of aliphatic hydroxyl groups is 1. The Morgan fingerprint density at radius 2 is 1.92 bits per heavy atom. The molecule has 6 nitrogen and oxygen atoms in total. The first-order valence-electron chi connectivity index (χ1n) is 9.50. The van der Waals surface area contributed by atoms with Gasteiger partial charge in [-0.2, -0.15) is 0 Å². The third-order valence-electron chi connectivity index (χ3n) is 5.63. The van der Waals surface area contributed by atoms with Crippen molar-refractivity contribution in [3.63, 3.8) is 0 Å². The van der Waals surface area contributed by atoms with Crippen LogP contribution in [-0.4, -0.2) is 58.8 Å². The number of amides is 2. The highest BCUT2D eigenvalue weighted by Crippen LogP contribution is 2.29. The number of aromatic nitrogens is 1. The van der Waals surface area contributed by atoms with Gasteiger partial charge in [0.25, 0.3) is 0 Å². The van der Waals surface area contributed by atoms with Gasteiger partial charge >= 0.3 is 6.03 Å². The Morgan fingerprint density at radius 1 is 1.24 bits per heavy atom. The average Bonchev–Trinajstić information content (AvgIpc) is 3.11. The lowest BCUT2D eigenvalue weighted by atomic mass is 9.99. The quantitative estimate of drug-likeness (QED) is 0.733. The first kappa shape index (κ1) is 18.1. The van der Waals surface area contributed by atoms with E-state index in [0.717, 1.165) is 64.6 Å². The van der Waals surface area contributed by atoms with E-state index < -0.39 is 5.54 Å². The highest BCUT2D eigenvalue weighted by atomic mass is 16.3. The van der Waals surface area contributed by atoms with Crippen molar-refractivity contribution in [2.75, 3.05) is 26.2 Å². The molecule has 1 saturated heterocycles. The molecule has 1 saturated carbocycles. The Hall–Kier alpha value is -1.66. The van der Waals surface area contributed by atoms with Gasteiger partial charge in [-0.3, -0.25) is 4.98 Å². The van der Waals surface area contributed by atoms with Crippen LogP contribution < -0.4 is 10.6 Å². The summed E-state index contributed by atoms with van der Waals surface area (Å²) in [7, 11) is 0. The molecule has 0 spiro atoms. The van der Waals surface area contributed by atoms with E-state index in [1.165, 1.54) is 5.56 Å². The third-order valence-corrected chi connectivity index (χ3v) is 5.63. The first-order valence-corrected chi connectivity index (χ1v) is 9.50. The normalized spacial score (nSPS) is 21.2. The molecule has 0 atom stereocenters. The van der Waals surface area contributed by atoms with E-state index in [9.17, 15) is 9.90 Å². The Balaban J connectivity index is 1.36. The number of rotatable bonds is 6. The number of piperidine rings is 1. The second-order valence-corrected chi connectivity index (χ2v) is 7.47. The smallest absolute Gasteiger partial charge is 0.315 e. The van der Waals surface area contributed by atoms with Gasteiger partial charge in [0.2, 0.25) is 0 Å². The van der Waals surface area contributed by atoms with E-state index >= 15 is 0 Å². The van der Waals surface area contributed by atoms with Crippen LogP contribution in [0.25, 0.3) is 0 Å². The number of nitrogens with zero attached hydrogens (tertiary/aromatic N) is 2. The molecule has 1 aromatic heterocycles. The van der Waals surface area contributed by atoms with Crippen LogP contribution >= 0.6 is 0 Å². The van der Waals surface area contributed by atoms with Crippen LogP contribution in [0.3, 0.4) is 0 Å². The van der Waals surface area contributed by atoms with Crippen molar-refractivity contribution in [3.05, 3.63) is 30.1 Å². The minimum absolute atomic E-state index is 0.0356. The van der Waals surface area contributed by atoms with Crippen LogP contribution in [0.5, 0.6) is 0 Å². The fourth-order valence-electron chi connectivity index (χ4n) is 3.97. The molecule has 3 N–H and O–H groups in total. The molecule has 0 aromatic carbocycles. The molecule has 3 rings (SSSR count). The highest BCUT2D eigenvalue weighted by molar-refractivity contribution is 5.75. The van der Waals surface area contributed by atoms with Gasteiger partial charge in [0, 0.05) is 38.1 Å². The molecule has 6 heteroatoms. The molecule has 1 aliphatic carbocycles. The van der Waals surface area contributed by atoms with E-state index in [1.807, 2.05) is 12.4 Å². The summed E-state index contributed by atoms with van der Waals surface area (Å²) in [6, 6.07) is 4.25. The number of urea groups is 1. The molecule has 138 valence electrons. The lowest BCUT2D eigenvalue weighted by molar-refractivity contribution is 0.156. The molecule has 2 aliphatic rings. The number of carbonyl (C=O) groups excluding carboxylic acids is 1. The maximum Gasteiger partial charge on any atom is 0.315 e. The molecule has 1 aromatic rings. The molecule has 0 radical (unpaired) electrons. The van der Waals surface area contributed by atoms with Crippen molar-refractivity contribution < 1.29 is 9.90 Å². The number of hydrogen-bond acceptors (Lipinski definition) is 4. The van der Waals surface area contributed by atoms with Gasteiger partial charge in [-0.15, -0.1) is 0 Å². The lowest BCUT2D eigenvalue weighted by Crippen LogP contribution is -2.56. The molecule has 0 bridgehead atoms. The SMILES string of the molecule is O=C(NC1CCN(CCc2ccncc2)CC1)NC1(CO)CCCC1. The van der Waals surface area contributed by atoms with E-state index in [-0.39, 0.29) is 18.7 Å². The molecule has 2 amide bonds. The van der Waals surface area contributed by atoms with E-state index in [2.05, 4.69) is 32.7 Å². The fraction of sp³-hybridized carbons (Fsp3) is 0.684. The fourth-order valence-corrected chi connectivity index (χ4v) is 3.97. The summed E-state index contributed by atoms with van der Waals surface area (Å²) in [6.07, 6.45) is 10.6. The monoisotopic (exact) mass is 346 g/mol. The Morgan fingerprint density at radius 3 is 2.56 bits per heavy atom. The van der Waals surface area contributed by atoms with Gasteiger partial charge in [-0.25, -0.2) is 4.79 Å². The van der Waals surface area contributed by atoms with Gasteiger partial charge < -0.3 is 20.6 Å². The molecule has 2 heterocycles. The lowest BCUT2D eigenvalue weighted by Gasteiger charge is -2.34. The number of nitrogens with one attached hydrogen (secondary N) is 2. The summed E-state index contributed by atoms with van der Waals surface area (Å²) < 4.78 is 0. The van der Waals surface area contributed by atoms with E-state index in [4.69, 9.17) is 0 Å². The van der Waals surface area contributed by atoms with Crippen molar-refractivity contribution in [2.24, 2.45) is 0 Å².